The molecule has 2 fully saturated rings. The van der Waals surface area contributed by atoms with E-state index in [1.807, 2.05) is 19.1 Å². The number of hydrogen-bond donors (Lipinski definition) is 0. The van der Waals surface area contributed by atoms with Gasteiger partial charge in [0.25, 0.3) is 0 Å². The van der Waals surface area contributed by atoms with Gasteiger partial charge in [0, 0.05) is 24.2 Å². The van der Waals surface area contributed by atoms with Gasteiger partial charge in [-0.15, -0.1) is 0 Å². The minimum absolute atomic E-state index is 0.0201. The fourth-order valence-electron chi connectivity index (χ4n) is 4.56. The lowest BCUT2D eigenvalue weighted by atomic mass is 9.80. The number of hydrogen-bond acceptors (Lipinski definition) is 5. The first kappa shape index (κ1) is 22.8. The lowest BCUT2D eigenvalue weighted by Crippen LogP contribution is -2.43. The third-order valence-electron chi connectivity index (χ3n) is 6.20. The maximum Gasteiger partial charge on any atom is 0.410 e. The van der Waals surface area contributed by atoms with Crippen LogP contribution in [-0.2, 0) is 9.47 Å². The number of nitrogens with zero attached hydrogens (tertiary/aromatic N) is 4. The molecular weight excluding hydrogens is 425 g/mol. The van der Waals surface area contributed by atoms with Crippen molar-refractivity contribution >= 4 is 11.7 Å². The van der Waals surface area contributed by atoms with Gasteiger partial charge < -0.3 is 14.4 Å². The van der Waals surface area contributed by atoms with Crippen molar-refractivity contribution in [3.05, 3.63) is 29.2 Å². The van der Waals surface area contributed by atoms with Crippen LogP contribution in [0.3, 0.4) is 0 Å². The quantitative estimate of drug-likeness (QED) is 0.667. The molecule has 32 heavy (non-hydrogen) atoms. The van der Waals surface area contributed by atoms with E-state index in [1.54, 1.807) is 23.3 Å². The Bertz CT molecular complexity index is 967. The molecule has 3 heterocycles. The largest absolute Gasteiger partial charge is 0.447 e. The van der Waals surface area contributed by atoms with Crippen LogP contribution < -0.4 is 0 Å². The maximum absolute atomic E-state index is 13.0. The zero-order valence-corrected chi connectivity index (χ0v) is 18.6. The summed E-state index contributed by atoms with van der Waals surface area (Å²) in [6.07, 6.45) is -3.95. The number of ether oxygens (including phenoxy) is 2. The molecule has 2 aliphatic rings. The van der Waals surface area contributed by atoms with Gasteiger partial charge in [0.1, 0.15) is 6.10 Å². The average molecular weight is 454 g/mol. The summed E-state index contributed by atoms with van der Waals surface area (Å²) < 4.78 is 52.0. The van der Waals surface area contributed by atoms with Gasteiger partial charge in [-0.25, -0.2) is 14.3 Å². The second-order valence-corrected chi connectivity index (χ2v) is 8.99. The van der Waals surface area contributed by atoms with Crippen LogP contribution >= 0.6 is 0 Å². The molecule has 7 nitrogen and oxygen atoms in total. The molecule has 2 aromatic heterocycles. The first-order valence-corrected chi connectivity index (χ1v) is 11.1. The van der Waals surface area contributed by atoms with E-state index in [-0.39, 0.29) is 31.0 Å². The lowest BCUT2D eigenvalue weighted by Gasteiger charge is -2.33. The minimum atomic E-state index is -4.13. The Morgan fingerprint density at radius 2 is 1.94 bits per heavy atom. The summed E-state index contributed by atoms with van der Waals surface area (Å²) in [6.45, 7) is 6.63. The van der Waals surface area contributed by atoms with E-state index < -0.39 is 18.2 Å². The number of morpholine rings is 1. The number of aryl methyl sites for hydroxylation is 1. The van der Waals surface area contributed by atoms with Crippen molar-refractivity contribution in [3.63, 3.8) is 0 Å². The third-order valence-corrected chi connectivity index (χ3v) is 6.20. The number of carbonyl (C=O) groups is 1. The Labute approximate surface area is 184 Å². The van der Waals surface area contributed by atoms with Gasteiger partial charge in [0.05, 0.1) is 36.6 Å². The molecule has 0 radical (unpaired) electrons. The molecule has 0 N–H and O–H groups in total. The molecule has 1 aliphatic heterocycles. The number of alkyl halides is 3. The number of amides is 1. The number of rotatable bonds is 3. The Hall–Kier alpha value is -2.36. The van der Waals surface area contributed by atoms with Crippen LogP contribution in [0.15, 0.2) is 12.1 Å². The summed E-state index contributed by atoms with van der Waals surface area (Å²) in [5.41, 5.74) is 2.95. The summed E-state index contributed by atoms with van der Waals surface area (Å²) in [5.74, 6) is -1.24. The Morgan fingerprint density at radius 1 is 1.22 bits per heavy atom. The van der Waals surface area contributed by atoms with E-state index in [9.17, 15) is 18.0 Å². The molecule has 0 aromatic carbocycles. The maximum atomic E-state index is 13.0. The van der Waals surface area contributed by atoms with Crippen LogP contribution in [0.2, 0.25) is 0 Å². The second kappa shape index (κ2) is 8.88. The van der Waals surface area contributed by atoms with Crippen molar-refractivity contribution in [2.75, 3.05) is 19.7 Å². The van der Waals surface area contributed by atoms with Crippen molar-refractivity contribution < 1.29 is 27.4 Å². The highest BCUT2D eigenvalue weighted by Crippen LogP contribution is 2.42. The van der Waals surface area contributed by atoms with Gasteiger partial charge in [-0.2, -0.15) is 18.3 Å². The molecule has 176 valence electrons. The van der Waals surface area contributed by atoms with Crippen molar-refractivity contribution in [3.8, 4) is 0 Å². The molecule has 0 unspecified atom stereocenters. The number of aromatic nitrogens is 3. The highest BCUT2D eigenvalue weighted by molar-refractivity contribution is 5.68. The molecule has 4 rings (SSSR count). The third kappa shape index (κ3) is 4.84. The standard InChI is InChI=1S/C22H29F3N4O3/c1-13(2)32-21(30)28-8-9-31-19(12-28)18-10-14(3)26-20-11-17(27-29(18)20)15-4-6-16(7-5-15)22(23,24)25/h10-11,13,15-16,19H,4-9,12H2,1-3H3/t15-,16-,19-/m1/s1. The van der Waals surface area contributed by atoms with E-state index in [0.717, 1.165) is 17.1 Å². The van der Waals surface area contributed by atoms with Crippen LogP contribution in [0.5, 0.6) is 0 Å². The predicted molar refractivity (Wildman–Crippen MR) is 110 cm³/mol. The van der Waals surface area contributed by atoms with Crippen molar-refractivity contribution in [2.24, 2.45) is 5.92 Å². The van der Waals surface area contributed by atoms with Gasteiger partial charge in [0.2, 0.25) is 0 Å². The van der Waals surface area contributed by atoms with Gasteiger partial charge >= 0.3 is 12.3 Å². The normalized spacial score (nSPS) is 24.8. The topological polar surface area (TPSA) is 69.0 Å². The summed E-state index contributed by atoms with van der Waals surface area (Å²) in [6, 6.07) is 3.75. The van der Waals surface area contributed by atoms with Crippen LogP contribution in [0.25, 0.3) is 5.65 Å². The molecule has 2 aromatic rings. The van der Waals surface area contributed by atoms with E-state index >= 15 is 0 Å². The van der Waals surface area contributed by atoms with Crippen molar-refractivity contribution in [2.45, 2.75) is 70.8 Å². The summed E-state index contributed by atoms with van der Waals surface area (Å²) in [7, 11) is 0. The second-order valence-electron chi connectivity index (χ2n) is 8.99. The average Bonchev–Trinajstić information content (AvgIpc) is 3.16. The molecule has 0 spiro atoms. The van der Waals surface area contributed by atoms with Gasteiger partial charge in [0.15, 0.2) is 5.65 Å². The van der Waals surface area contributed by atoms with E-state index in [4.69, 9.17) is 14.6 Å². The van der Waals surface area contributed by atoms with Crippen LogP contribution in [-0.4, -0.2) is 57.6 Å². The summed E-state index contributed by atoms with van der Waals surface area (Å²) in [4.78, 5) is 18.5. The molecule has 1 atom stereocenters. The van der Waals surface area contributed by atoms with Crippen molar-refractivity contribution in [1.29, 1.82) is 0 Å². The minimum Gasteiger partial charge on any atom is -0.447 e. The van der Waals surface area contributed by atoms with Crippen LogP contribution in [0.4, 0.5) is 18.0 Å². The van der Waals surface area contributed by atoms with Gasteiger partial charge in [-0.3, -0.25) is 0 Å². The molecule has 1 saturated heterocycles. The van der Waals surface area contributed by atoms with E-state index in [0.29, 0.717) is 38.2 Å². The highest BCUT2D eigenvalue weighted by Gasteiger charge is 2.42. The molecule has 0 bridgehead atoms. The van der Waals surface area contributed by atoms with Crippen LogP contribution in [0, 0.1) is 12.8 Å². The monoisotopic (exact) mass is 454 g/mol. The smallest absolute Gasteiger partial charge is 0.410 e. The van der Waals surface area contributed by atoms with E-state index in [1.165, 1.54) is 0 Å². The fourth-order valence-corrected chi connectivity index (χ4v) is 4.56. The Morgan fingerprint density at radius 3 is 2.59 bits per heavy atom. The number of carbonyl (C=O) groups excluding carboxylic acids is 1. The SMILES string of the molecule is Cc1cc([C@H]2CN(C(=O)OC(C)C)CCO2)n2nc([C@H]3CC[C@H](C(F)(F)F)CC3)cc2n1. The van der Waals surface area contributed by atoms with Crippen molar-refractivity contribution in [1.82, 2.24) is 19.5 Å². The Balaban J connectivity index is 1.56. The number of fused-ring (bicyclic) bond motifs is 1. The summed E-state index contributed by atoms with van der Waals surface area (Å²) in [5, 5.41) is 4.72. The van der Waals surface area contributed by atoms with Gasteiger partial charge in [-0.1, -0.05) is 0 Å². The molecule has 1 saturated carbocycles. The molecule has 10 heteroatoms. The zero-order valence-electron chi connectivity index (χ0n) is 18.6. The predicted octanol–water partition coefficient (Wildman–Crippen LogP) is 4.79. The first-order chi connectivity index (χ1) is 15.1. The first-order valence-electron chi connectivity index (χ1n) is 11.1. The zero-order chi connectivity index (χ0) is 23.0. The molecule has 1 amide bonds. The van der Waals surface area contributed by atoms with Crippen LogP contribution in [0.1, 0.15) is 68.6 Å². The van der Waals surface area contributed by atoms with E-state index in [2.05, 4.69) is 4.98 Å². The highest BCUT2D eigenvalue weighted by atomic mass is 19.4. The van der Waals surface area contributed by atoms with Gasteiger partial charge in [-0.05, 0) is 52.5 Å². The molecular formula is C22H29F3N4O3. The lowest BCUT2D eigenvalue weighted by molar-refractivity contribution is -0.182. The Kier molecular flexibility index (Phi) is 6.33. The fraction of sp³-hybridized carbons (Fsp3) is 0.682. The summed E-state index contributed by atoms with van der Waals surface area (Å²) >= 11 is 0. The molecule has 1 aliphatic carbocycles. The number of halogens is 3.